The third-order valence-electron chi connectivity index (χ3n) is 3.82. The van der Waals surface area contributed by atoms with Crippen LogP contribution in [0.3, 0.4) is 0 Å². The molecule has 8 heteroatoms. The van der Waals surface area contributed by atoms with Crippen LogP contribution in [0, 0.1) is 0 Å². The fourth-order valence-corrected chi connectivity index (χ4v) is 2.61. The molecule has 2 aromatic carbocycles. The number of benzene rings is 2. The van der Waals surface area contributed by atoms with Crippen LogP contribution >= 0.6 is 0 Å². The van der Waals surface area contributed by atoms with Crippen LogP contribution in [-0.2, 0) is 21.4 Å². The van der Waals surface area contributed by atoms with Crippen molar-refractivity contribution < 1.29 is 22.7 Å². The topological polar surface area (TPSA) is 92.8 Å². The van der Waals surface area contributed by atoms with Gasteiger partial charge >= 0.3 is 0 Å². The van der Waals surface area contributed by atoms with Gasteiger partial charge in [-0.15, -0.1) is 0 Å². The Hall–Kier alpha value is -2.71. The van der Waals surface area contributed by atoms with Gasteiger partial charge in [-0.3, -0.25) is 9.59 Å². The lowest BCUT2D eigenvalue weighted by Gasteiger charge is -2.14. The van der Waals surface area contributed by atoms with Crippen LogP contribution in [0.1, 0.15) is 22.8 Å². The first kappa shape index (κ1) is 20.6. The molecular weight excluding hydrogens is 368 g/mol. The average molecular weight is 390 g/mol. The predicted molar refractivity (Wildman–Crippen MR) is 103 cm³/mol. The minimum Gasteiger partial charge on any atom is -0.484 e. The zero-order chi connectivity index (χ0) is 20.0. The minimum absolute atomic E-state index is 0.0797. The summed E-state index contributed by atoms with van der Waals surface area (Å²) < 4.78 is 29.5. The van der Waals surface area contributed by atoms with Crippen LogP contribution in [0.2, 0.25) is 0 Å². The highest BCUT2D eigenvalue weighted by molar-refractivity contribution is 7.88. The number of nitrogens with zero attached hydrogens (tertiary/aromatic N) is 1. The molecular formula is C19H22N2O5S. The van der Waals surface area contributed by atoms with Crippen molar-refractivity contribution in [2.75, 3.05) is 25.2 Å². The molecule has 1 amide bonds. The molecule has 0 aliphatic heterocycles. The number of anilines is 1. The summed E-state index contributed by atoms with van der Waals surface area (Å²) in [6.45, 7) is 1.53. The van der Waals surface area contributed by atoms with E-state index in [1.54, 1.807) is 48.5 Å². The maximum Gasteiger partial charge on any atom is 0.262 e. The van der Waals surface area contributed by atoms with Gasteiger partial charge in [0.2, 0.25) is 10.0 Å². The maximum absolute atomic E-state index is 12.0. The number of amides is 1. The molecule has 0 bridgehead atoms. The minimum atomic E-state index is -3.24. The monoisotopic (exact) mass is 390 g/mol. The zero-order valence-corrected chi connectivity index (χ0v) is 16.2. The second-order valence-corrected chi connectivity index (χ2v) is 8.23. The van der Waals surface area contributed by atoms with Gasteiger partial charge in [-0.05, 0) is 36.8 Å². The molecule has 0 saturated carbocycles. The Balaban J connectivity index is 1.88. The summed E-state index contributed by atoms with van der Waals surface area (Å²) in [6, 6.07) is 13.5. The van der Waals surface area contributed by atoms with Gasteiger partial charge in [-0.25, -0.2) is 12.7 Å². The lowest BCUT2D eigenvalue weighted by Crippen LogP contribution is -2.24. The summed E-state index contributed by atoms with van der Waals surface area (Å²) in [6.07, 6.45) is 1.15. The lowest BCUT2D eigenvalue weighted by molar-refractivity contribution is -0.118. The van der Waals surface area contributed by atoms with Crippen molar-refractivity contribution in [3.05, 3.63) is 59.7 Å². The van der Waals surface area contributed by atoms with Gasteiger partial charge in [-0.2, -0.15) is 0 Å². The van der Waals surface area contributed by atoms with Gasteiger partial charge in [0.15, 0.2) is 12.4 Å². The molecule has 0 atom stereocenters. The maximum atomic E-state index is 12.0. The van der Waals surface area contributed by atoms with Gasteiger partial charge < -0.3 is 10.1 Å². The molecule has 27 heavy (non-hydrogen) atoms. The fraction of sp³-hybridized carbons (Fsp3) is 0.263. The molecule has 2 rings (SSSR count). The summed E-state index contributed by atoms with van der Waals surface area (Å²) >= 11 is 0. The molecule has 0 aliphatic carbocycles. The number of carbonyl (C=O) groups excluding carboxylic acids is 2. The third-order valence-corrected chi connectivity index (χ3v) is 5.08. The molecule has 0 heterocycles. The molecule has 0 spiro atoms. The van der Waals surface area contributed by atoms with E-state index in [4.69, 9.17) is 4.74 Å². The van der Waals surface area contributed by atoms with Crippen molar-refractivity contribution >= 4 is 27.4 Å². The standard InChI is InChI=1S/C19H22N2O5S/c1-14(22)16-5-4-6-17(11-16)20-19(23)13-26-18-9-7-15(8-10-18)12-21(2)27(3,24)25/h4-11H,12-13H2,1-3H3,(H,20,23). The number of carbonyl (C=O) groups is 2. The van der Waals surface area contributed by atoms with Gasteiger partial charge in [0.1, 0.15) is 5.75 Å². The van der Waals surface area contributed by atoms with Crippen LogP contribution < -0.4 is 10.1 Å². The van der Waals surface area contributed by atoms with Gasteiger partial charge in [0.05, 0.1) is 6.26 Å². The number of rotatable bonds is 8. The molecule has 144 valence electrons. The van der Waals surface area contributed by atoms with Crippen molar-refractivity contribution in [1.29, 1.82) is 0 Å². The smallest absolute Gasteiger partial charge is 0.262 e. The van der Waals surface area contributed by atoms with E-state index in [1.807, 2.05) is 0 Å². The Bertz CT molecular complexity index is 923. The summed E-state index contributed by atoms with van der Waals surface area (Å²) in [5, 5.41) is 2.67. The number of ketones is 1. The molecule has 0 saturated heterocycles. The number of sulfonamides is 1. The summed E-state index contributed by atoms with van der Waals surface area (Å²) in [7, 11) is -1.74. The second-order valence-electron chi connectivity index (χ2n) is 6.14. The predicted octanol–water partition coefficient (Wildman–Crippen LogP) is 2.30. The van der Waals surface area contributed by atoms with E-state index in [2.05, 4.69) is 5.32 Å². The van der Waals surface area contributed by atoms with Crippen molar-refractivity contribution in [1.82, 2.24) is 4.31 Å². The quantitative estimate of drug-likeness (QED) is 0.698. The number of Topliss-reactive ketones (excluding diaryl/α,β-unsaturated/α-hetero) is 1. The highest BCUT2D eigenvalue weighted by Crippen LogP contribution is 2.15. The fourth-order valence-electron chi connectivity index (χ4n) is 2.23. The Kier molecular flexibility index (Phi) is 6.70. The number of ether oxygens (including phenoxy) is 1. The van der Waals surface area contributed by atoms with Crippen LogP contribution in [0.5, 0.6) is 5.75 Å². The zero-order valence-electron chi connectivity index (χ0n) is 15.4. The largest absolute Gasteiger partial charge is 0.484 e. The SMILES string of the molecule is CC(=O)c1cccc(NC(=O)COc2ccc(CN(C)S(C)(=O)=O)cc2)c1. The third kappa shape index (κ3) is 6.50. The first-order valence-electron chi connectivity index (χ1n) is 8.19. The van der Waals surface area contributed by atoms with Crippen molar-refractivity contribution in [3.8, 4) is 5.75 Å². The first-order valence-corrected chi connectivity index (χ1v) is 10.0. The summed E-state index contributed by atoms with van der Waals surface area (Å²) in [5.41, 5.74) is 1.85. The normalized spacial score (nSPS) is 11.3. The van der Waals surface area contributed by atoms with E-state index >= 15 is 0 Å². The Morgan fingerprint density at radius 2 is 1.78 bits per heavy atom. The van der Waals surface area contributed by atoms with E-state index in [1.165, 1.54) is 18.3 Å². The van der Waals surface area contributed by atoms with Crippen LogP contribution in [0.15, 0.2) is 48.5 Å². The first-order chi connectivity index (χ1) is 12.6. The van der Waals surface area contributed by atoms with E-state index in [9.17, 15) is 18.0 Å². The second kappa shape index (κ2) is 8.79. The number of hydrogen-bond donors (Lipinski definition) is 1. The molecule has 1 N–H and O–H groups in total. The van der Waals surface area contributed by atoms with Crippen LogP contribution in [0.4, 0.5) is 5.69 Å². The Morgan fingerprint density at radius 1 is 1.11 bits per heavy atom. The van der Waals surface area contributed by atoms with E-state index in [-0.39, 0.29) is 24.8 Å². The highest BCUT2D eigenvalue weighted by atomic mass is 32.2. The molecule has 0 unspecified atom stereocenters. The van der Waals surface area contributed by atoms with Crippen molar-refractivity contribution in [3.63, 3.8) is 0 Å². The van der Waals surface area contributed by atoms with Gasteiger partial charge in [0.25, 0.3) is 5.91 Å². The Morgan fingerprint density at radius 3 is 2.37 bits per heavy atom. The molecule has 7 nitrogen and oxygen atoms in total. The van der Waals surface area contributed by atoms with Crippen molar-refractivity contribution in [2.45, 2.75) is 13.5 Å². The summed E-state index contributed by atoms with van der Waals surface area (Å²) in [5.74, 6) is 0.0638. The lowest BCUT2D eigenvalue weighted by atomic mass is 10.1. The van der Waals surface area contributed by atoms with Crippen LogP contribution in [0.25, 0.3) is 0 Å². The number of hydrogen-bond acceptors (Lipinski definition) is 5. The summed E-state index contributed by atoms with van der Waals surface area (Å²) in [4.78, 5) is 23.4. The molecule has 0 radical (unpaired) electrons. The van der Waals surface area contributed by atoms with Crippen LogP contribution in [-0.4, -0.2) is 44.3 Å². The van der Waals surface area contributed by atoms with E-state index < -0.39 is 10.0 Å². The molecule has 0 fully saturated rings. The van der Waals surface area contributed by atoms with Gasteiger partial charge in [-0.1, -0.05) is 24.3 Å². The van der Waals surface area contributed by atoms with E-state index in [0.29, 0.717) is 17.0 Å². The molecule has 0 aromatic heterocycles. The molecule has 2 aromatic rings. The van der Waals surface area contributed by atoms with E-state index in [0.717, 1.165) is 11.8 Å². The number of nitrogens with one attached hydrogen (secondary N) is 1. The van der Waals surface area contributed by atoms with Crippen molar-refractivity contribution in [2.24, 2.45) is 0 Å². The Labute approximate surface area is 159 Å². The van der Waals surface area contributed by atoms with Gasteiger partial charge in [0, 0.05) is 24.8 Å². The highest BCUT2D eigenvalue weighted by Gasteiger charge is 2.11. The molecule has 0 aliphatic rings. The average Bonchev–Trinajstić information content (AvgIpc) is 2.60.